The average Bonchev–Trinajstić information content (AvgIpc) is 3.58. The molecule has 0 rings (SSSR count). The minimum Gasteiger partial charge on any atom is -0.466 e. The number of esters is 1. The number of hydrogen-bond donors (Lipinski definition) is 3. The topological polar surface area (TPSA) is 95.9 Å². The van der Waals surface area contributed by atoms with Crippen LogP contribution in [0.5, 0.6) is 0 Å². The lowest BCUT2D eigenvalue weighted by Gasteiger charge is -2.20. The molecule has 0 aromatic rings. The van der Waals surface area contributed by atoms with Crippen molar-refractivity contribution in [1.82, 2.24) is 5.32 Å². The zero-order chi connectivity index (χ0) is 63.5. The average molecular weight is 1240 g/mol. The van der Waals surface area contributed by atoms with Gasteiger partial charge in [-0.2, -0.15) is 0 Å². The summed E-state index contributed by atoms with van der Waals surface area (Å²) >= 11 is 0. The van der Waals surface area contributed by atoms with Crippen molar-refractivity contribution in [3.63, 3.8) is 0 Å². The fourth-order valence-electron chi connectivity index (χ4n) is 12.5. The molecule has 3 N–H and O–H groups in total. The Hall–Kier alpha value is -2.18. The fraction of sp³-hybridized carbons (Fsp3) is 0.878. The van der Waals surface area contributed by atoms with E-state index in [1.165, 1.54) is 360 Å². The quantitative estimate of drug-likeness (QED) is 0.0320. The Morgan fingerprint density at radius 2 is 0.568 bits per heavy atom. The van der Waals surface area contributed by atoms with Gasteiger partial charge in [-0.25, -0.2) is 0 Å². The molecule has 2 atom stereocenters. The first-order valence-electron chi connectivity index (χ1n) is 39.9. The second kappa shape index (κ2) is 77.3. The summed E-state index contributed by atoms with van der Waals surface area (Å²) in [6, 6.07) is -0.629. The Kier molecular flexibility index (Phi) is 75.4. The standard InChI is InChI=1S/C82H155NO5/c1-3-5-7-9-11-13-15-17-19-20-21-22-23-31-34-37-40-43-47-50-54-58-62-66-70-74-80(85)79(78-84)83-81(86)75-71-67-63-59-55-51-48-44-41-38-35-32-29-27-25-24-26-28-30-33-36-39-42-45-49-53-57-61-65-69-73-77-88-82(87)76-72-68-64-60-56-52-46-18-16-14-12-10-8-6-4-2/h12,14,18,26,28,46,70,74,79-80,84-85H,3-11,13,15-17,19-25,27,29-45,47-69,71-73,75-78H2,1-2H3,(H,83,86)/b14-12-,28-26-,46-18-,74-70+. The van der Waals surface area contributed by atoms with Crippen molar-refractivity contribution in [2.24, 2.45) is 0 Å². The van der Waals surface area contributed by atoms with Crippen molar-refractivity contribution < 1.29 is 24.5 Å². The van der Waals surface area contributed by atoms with E-state index in [1.54, 1.807) is 6.08 Å². The highest BCUT2D eigenvalue weighted by atomic mass is 16.5. The van der Waals surface area contributed by atoms with E-state index in [-0.39, 0.29) is 18.5 Å². The van der Waals surface area contributed by atoms with Gasteiger partial charge >= 0.3 is 5.97 Å². The zero-order valence-electron chi connectivity index (χ0n) is 59.5. The van der Waals surface area contributed by atoms with Crippen molar-refractivity contribution in [2.75, 3.05) is 13.2 Å². The molecule has 6 nitrogen and oxygen atoms in total. The van der Waals surface area contributed by atoms with Crippen LogP contribution in [0, 0.1) is 0 Å². The van der Waals surface area contributed by atoms with Crippen LogP contribution in [-0.2, 0) is 14.3 Å². The maximum absolute atomic E-state index is 12.6. The lowest BCUT2D eigenvalue weighted by Crippen LogP contribution is -2.45. The SMILES string of the molecule is CCCCC/C=C\C/C=C\CCCCCCCC(=O)OCCCCCCCCCCCCCC/C=C\CCCCCCCCCCCCCCCCCC(=O)NC(CO)C(O)/C=C/CCCCCCCCCCCCCCCCCCCCCCCCC. The van der Waals surface area contributed by atoms with Gasteiger partial charge in [0.15, 0.2) is 0 Å². The number of carbonyl (C=O) groups excluding carboxylic acids is 2. The summed E-state index contributed by atoms with van der Waals surface area (Å²) < 4.78 is 5.49. The first-order chi connectivity index (χ1) is 43.5. The largest absolute Gasteiger partial charge is 0.466 e. The molecule has 0 aliphatic heterocycles. The van der Waals surface area contributed by atoms with Gasteiger partial charge in [0.25, 0.3) is 0 Å². The third-order valence-corrected chi connectivity index (χ3v) is 18.6. The molecule has 88 heavy (non-hydrogen) atoms. The molecule has 518 valence electrons. The van der Waals surface area contributed by atoms with E-state index in [4.69, 9.17) is 4.74 Å². The van der Waals surface area contributed by atoms with E-state index in [9.17, 15) is 19.8 Å². The summed E-state index contributed by atoms with van der Waals surface area (Å²) in [7, 11) is 0. The number of unbranched alkanes of at least 4 members (excludes halogenated alkanes) is 58. The molecule has 0 aliphatic carbocycles. The molecule has 2 unspecified atom stereocenters. The summed E-state index contributed by atoms with van der Waals surface area (Å²) in [5.74, 6) is -0.0574. The number of allylic oxidation sites excluding steroid dienone is 7. The van der Waals surface area contributed by atoms with Crippen LogP contribution in [0.2, 0.25) is 0 Å². The Balaban J connectivity index is 3.39. The van der Waals surface area contributed by atoms with Crippen LogP contribution < -0.4 is 5.32 Å². The van der Waals surface area contributed by atoms with E-state index >= 15 is 0 Å². The Morgan fingerprint density at radius 1 is 0.318 bits per heavy atom. The van der Waals surface area contributed by atoms with Crippen molar-refractivity contribution in [3.8, 4) is 0 Å². The number of aliphatic hydroxyl groups excluding tert-OH is 2. The number of nitrogens with one attached hydrogen (secondary N) is 1. The maximum Gasteiger partial charge on any atom is 0.305 e. The minimum atomic E-state index is -0.845. The van der Waals surface area contributed by atoms with Crippen LogP contribution in [0.25, 0.3) is 0 Å². The van der Waals surface area contributed by atoms with Gasteiger partial charge in [0.05, 0.1) is 25.4 Å². The van der Waals surface area contributed by atoms with Crippen LogP contribution in [-0.4, -0.2) is 47.4 Å². The smallest absolute Gasteiger partial charge is 0.305 e. The number of amides is 1. The normalized spacial score (nSPS) is 12.7. The third-order valence-electron chi connectivity index (χ3n) is 18.6. The minimum absolute atomic E-state index is 0.00382. The second-order valence-electron chi connectivity index (χ2n) is 27.4. The van der Waals surface area contributed by atoms with Gasteiger partial charge in [-0.15, -0.1) is 0 Å². The molecule has 6 heteroatoms. The predicted molar refractivity (Wildman–Crippen MR) is 389 cm³/mol. The molecule has 0 aromatic heterocycles. The molecule has 0 saturated carbocycles. The highest BCUT2D eigenvalue weighted by Crippen LogP contribution is 2.19. The molecule has 0 radical (unpaired) electrons. The van der Waals surface area contributed by atoms with Gasteiger partial charge in [0.1, 0.15) is 0 Å². The molecule has 0 aromatic carbocycles. The lowest BCUT2D eigenvalue weighted by atomic mass is 10.0. The van der Waals surface area contributed by atoms with Gasteiger partial charge in [0, 0.05) is 12.8 Å². The molecule has 0 fully saturated rings. The molecule has 0 aliphatic rings. The molecular formula is C82H155NO5. The van der Waals surface area contributed by atoms with Gasteiger partial charge in [-0.1, -0.05) is 383 Å². The van der Waals surface area contributed by atoms with E-state index in [2.05, 4.69) is 55.6 Å². The van der Waals surface area contributed by atoms with E-state index in [0.29, 0.717) is 19.4 Å². The molecular weight excluding hydrogens is 1080 g/mol. The van der Waals surface area contributed by atoms with Gasteiger partial charge < -0.3 is 20.3 Å². The monoisotopic (exact) mass is 1230 g/mol. The van der Waals surface area contributed by atoms with Crippen LogP contribution in [0.3, 0.4) is 0 Å². The highest BCUT2D eigenvalue weighted by molar-refractivity contribution is 5.76. The van der Waals surface area contributed by atoms with Gasteiger partial charge in [-0.3, -0.25) is 9.59 Å². The van der Waals surface area contributed by atoms with E-state index in [1.807, 2.05) is 6.08 Å². The van der Waals surface area contributed by atoms with Crippen molar-refractivity contribution in [2.45, 2.75) is 450 Å². The number of hydrogen-bond acceptors (Lipinski definition) is 5. The highest BCUT2D eigenvalue weighted by Gasteiger charge is 2.18. The van der Waals surface area contributed by atoms with Crippen LogP contribution in [0.15, 0.2) is 48.6 Å². The summed E-state index contributed by atoms with van der Waals surface area (Å²) in [4.78, 5) is 24.6. The van der Waals surface area contributed by atoms with E-state index < -0.39 is 12.1 Å². The summed E-state index contributed by atoms with van der Waals surface area (Å²) in [5.41, 5.74) is 0. The first kappa shape index (κ1) is 85.8. The third kappa shape index (κ3) is 72.9. The Morgan fingerprint density at radius 3 is 0.898 bits per heavy atom. The Bertz CT molecular complexity index is 1470. The molecule has 1 amide bonds. The first-order valence-corrected chi connectivity index (χ1v) is 39.9. The van der Waals surface area contributed by atoms with Crippen LogP contribution in [0.1, 0.15) is 438 Å². The Labute approximate surface area is 550 Å². The molecule has 0 bridgehead atoms. The molecule has 0 heterocycles. The zero-order valence-corrected chi connectivity index (χ0v) is 59.5. The lowest BCUT2D eigenvalue weighted by molar-refractivity contribution is -0.143. The number of ether oxygens (including phenoxy) is 1. The fourth-order valence-corrected chi connectivity index (χ4v) is 12.5. The van der Waals surface area contributed by atoms with Crippen LogP contribution in [0.4, 0.5) is 0 Å². The summed E-state index contributed by atoms with van der Waals surface area (Å²) in [6.45, 7) is 4.91. The molecule has 0 saturated heterocycles. The van der Waals surface area contributed by atoms with Crippen molar-refractivity contribution in [1.29, 1.82) is 0 Å². The number of aliphatic hydroxyl groups is 2. The van der Waals surface area contributed by atoms with Gasteiger partial charge in [0.2, 0.25) is 5.91 Å². The van der Waals surface area contributed by atoms with Crippen molar-refractivity contribution in [3.05, 3.63) is 48.6 Å². The second-order valence-corrected chi connectivity index (χ2v) is 27.4. The molecule has 0 spiro atoms. The van der Waals surface area contributed by atoms with Crippen LogP contribution >= 0.6 is 0 Å². The van der Waals surface area contributed by atoms with Crippen molar-refractivity contribution >= 4 is 11.9 Å². The van der Waals surface area contributed by atoms with E-state index in [0.717, 1.165) is 51.4 Å². The summed E-state index contributed by atoms with van der Waals surface area (Å²) in [6.07, 6.45) is 102. The number of rotatable bonds is 75. The maximum atomic E-state index is 12.6. The van der Waals surface area contributed by atoms with Gasteiger partial charge in [-0.05, 0) is 89.9 Å². The summed E-state index contributed by atoms with van der Waals surface area (Å²) in [5, 5.41) is 23.3. The predicted octanol–water partition coefficient (Wildman–Crippen LogP) is 26.4. The number of carbonyl (C=O) groups is 2.